The number of benzene rings is 1. The lowest BCUT2D eigenvalue weighted by Crippen LogP contribution is -2.18. The minimum absolute atomic E-state index is 0.283. The van der Waals surface area contributed by atoms with Crippen LogP contribution < -0.4 is 5.73 Å². The number of rotatable bonds is 1. The van der Waals surface area contributed by atoms with Crippen LogP contribution in [-0.2, 0) is 15.7 Å². The lowest BCUT2D eigenvalue weighted by atomic mass is 10.0. The summed E-state index contributed by atoms with van der Waals surface area (Å²) < 4.78 is 42.8. The van der Waals surface area contributed by atoms with E-state index >= 15 is 0 Å². The molecule has 1 aliphatic heterocycles. The van der Waals surface area contributed by atoms with Crippen molar-refractivity contribution in [1.29, 1.82) is 0 Å². The minimum Gasteiger partial charge on any atom is -0.447 e. The van der Waals surface area contributed by atoms with E-state index in [0.717, 1.165) is 6.07 Å². The molecule has 1 heterocycles. The number of amides is 1. The van der Waals surface area contributed by atoms with Gasteiger partial charge in [-0.25, -0.2) is 0 Å². The summed E-state index contributed by atoms with van der Waals surface area (Å²) >= 11 is 0. The Labute approximate surface area is 93.9 Å². The average molecular weight is 244 g/mol. The molecule has 4 nitrogen and oxygen atoms in total. The summed E-state index contributed by atoms with van der Waals surface area (Å²) in [5.41, 5.74) is 3.93. The summed E-state index contributed by atoms with van der Waals surface area (Å²) in [6, 6.07) is 4.24. The van der Waals surface area contributed by atoms with E-state index in [4.69, 9.17) is 10.5 Å². The molecule has 0 fully saturated rings. The molecule has 1 atom stereocenters. The van der Waals surface area contributed by atoms with Gasteiger partial charge in [0.1, 0.15) is 0 Å². The fraction of sp³-hybridized carbons (Fsp3) is 0.200. The lowest BCUT2D eigenvalue weighted by molar-refractivity contribution is -0.139. The summed E-state index contributed by atoms with van der Waals surface area (Å²) in [7, 11) is 0. The van der Waals surface area contributed by atoms with Crippen LogP contribution in [0.5, 0.6) is 0 Å². The van der Waals surface area contributed by atoms with Gasteiger partial charge < -0.3 is 10.5 Å². The average Bonchev–Trinajstić information content (AvgIpc) is 2.56. The number of nitrogens with two attached hydrogens (primary N) is 1. The van der Waals surface area contributed by atoms with Gasteiger partial charge in [0.15, 0.2) is 0 Å². The van der Waals surface area contributed by atoms with E-state index in [0.29, 0.717) is 0 Å². The molecule has 0 aromatic heterocycles. The number of aliphatic imine (C=N–C) groups is 1. The van der Waals surface area contributed by atoms with Crippen molar-refractivity contribution in [2.24, 2.45) is 10.7 Å². The quantitative estimate of drug-likeness (QED) is 0.816. The maximum atomic E-state index is 12.7. The van der Waals surface area contributed by atoms with Gasteiger partial charge in [-0.3, -0.25) is 4.79 Å². The Balaban J connectivity index is 2.44. The molecule has 1 amide bonds. The third kappa shape index (κ3) is 2.08. The van der Waals surface area contributed by atoms with Crippen molar-refractivity contribution in [3.63, 3.8) is 0 Å². The van der Waals surface area contributed by atoms with Gasteiger partial charge in [-0.05, 0) is 6.07 Å². The van der Waals surface area contributed by atoms with Crippen molar-refractivity contribution in [1.82, 2.24) is 0 Å². The van der Waals surface area contributed by atoms with E-state index in [1.54, 1.807) is 0 Å². The largest absolute Gasteiger partial charge is 0.447 e. The zero-order valence-electron chi connectivity index (χ0n) is 8.36. The van der Waals surface area contributed by atoms with Crippen LogP contribution in [0.3, 0.4) is 0 Å². The van der Waals surface area contributed by atoms with Crippen LogP contribution in [0.4, 0.5) is 13.2 Å². The fourth-order valence-corrected chi connectivity index (χ4v) is 1.55. The summed E-state index contributed by atoms with van der Waals surface area (Å²) in [4.78, 5) is 14.5. The van der Waals surface area contributed by atoms with E-state index in [-0.39, 0.29) is 5.56 Å². The van der Waals surface area contributed by atoms with Gasteiger partial charge in [-0.2, -0.15) is 18.2 Å². The van der Waals surface area contributed by atoms with E-state index < -0.39 is 29.8 Å². The number of hydrogen-bond acceptors (Lipinski definition) is 3. The Morgan fingerprint density at radius 2 is 1.94 bits per heavy atom. The van der Waals surface area contributed by atoms with Crippen molar-refractivity contribution < 1.29 is 22.7 Å². The smallest absolute Gasteiger partial charge is 0.416 e. The third-order valence-corrected chi connectivity index (χ3v) is 2.23. The number of hydrogen-bond donors (Lipinski definition) is 1. The highest BCUT2D eigenvalue weighted by molar-refractivity contribution is 5.98. The predicted octanol–water partition coefficient (Wildman–Crippen LogP) is 1.62. The van der Waals surface area contributed by atoms with Crippen molar-refractivity contribution in [3.05, 3.63) is 35.4 Å². The Morgan fingerprint density at radius 3 is 2.47 bits per heavy atom. The normalized spacial score (nSPS) is 20.1. The molecule has 1 aromatic rings. The number of carbonyl (C=O) groups is 1. The first-order valence-corrected chi connectivity index (χ1v) is 4.60. The van der Waals surface area contributed by atoms with Gasteiger partial charge in [0.05, 0.1) is 5.56 Å². The predicted molar refractivity (Wildman–Crippen MR) is 51.9 cm³/mol. The van der Waals surface area contributed by atoms with E-state index in [9.17, 15) is 18.0 Å². The second kappa shape index (κ2) is 3.76. The highest BCUT2D eigenvalue weighted by Gasteiger charge is 2.39. The summed E-state index contributed by atoms with van der Waals surface area (Å²) in [6.45, 7) is 0. The monoisotopic (exact) mass is 244 g/mol. The summed E-state index contributed by atoms with van der Waals surface area (Å²) in [5.74, 6) is -0.834. The Kier molecular flexibility index (Phi) is 2.53. The molecular formula is C10H7F3N2O2. The van der Waals surface area contributed by atoms with Crippen molar-refractivity contribution >= 4 is 11.9 Å². The number of halogens is 3. The molecule has 1 aliphatic rings. The van der Waals surface area contributed by atoms with Gasteiger partial charge in [-0.1, -0.05) is 18.2 Å². The first-order chi connectivity index (χ1) is 7.89. The SMILES string of the molecule is NC1=NC(=O)C(c2ccccc2C(F)(F)F)O1. The van der Waals surface area contributed by atoms with Crippen LogP contribution >= 0.6 is 0 Å². The summed E-state index contributed by atoms with van der Waals surface area (Å²) in [5, 5.41) is 0. The Morgan fingerprint density at radius 1 is 1.29 bits per heavy atom. The molecule has 0 bridgehead atoms. The molecule has 2 N–H and O–H groups in total. The van der Waals surface area contributed by atoms with Crippen LogP contribution in [0.2, 0.25) is 0 Å². The molecule has 0 aliphatic carbocycles. The van der Waals surface area contributed by atoms with E-state index in [1.807, 2.05) is 0 Å². The molecule has 0 spiro atoms. The molecule has 17 heavy (non-hydrogen) atoms. The van der Waals surface area contributed by atoms with Crippen molar-refractivity contribution in [2.45, 2.75) is 12.3 Å². The lowest BCUT2D eigenvalue weighted by Gasteiger charge is -2.15. The second-order valence-electron chi connectivity index (χ2n) is 3.37. The van der Waals surface area contributed by atoms with Crippen molar-refractivity contribution in [2.75, 3.05) is 0 Å². The first kappa shape index (κ1) is 11.4. The van der Waals surface area contributed by atoms with Crippen LogP contribution in [0.1, 0.15) is 17.2 Å². The number of amidine groups is 1. The highest BCUT2D eigenvalue weighted by atomic mass is 19.4. The highest BCUT2D eigenvalue weighted by Crippen LogP contribution is 2.36. The van der Waals surface area contributed by atoms with Crippen LogP contribution in [-0.4, -0.2) is 11.9 Å². The Bertz CT molecular complexity index is 497. The van der Waals surface area contributed by atoms with Gasteiger partial charge >= 0.3 is 6.18 Å². The molecule has 0 radical (unpaired) electrons. The maximum Gasteiger partial charge on any atom is 0.416 e. The van der Waals surface area contributed by atoms with Crippen LogP contribution in [0.15, 0.2) is 29.3 Å². The minimum atomic E-state index is -4.56. The van der Waals surface area contributed by atoms with Crippen LogP contribution in [0, 0.1) is 0 Å². The van der Waals surface area contributed by atoms with Crippen molar-refractivity contribution in [3.8, 4) is 0 Å². The van der Waals surface area contributed by atoms with Gasteiger partial charge in [0.2, 0.25) is 6.10 Å². The number of nitrogens with zero attached hydrogens (tertiary/aromatic N) is 1. The molecule has 2 rings (SSSR count). The fourth-order valence-electron chi connectivity index (χ4n) is 1.55. The van der Waals surface area contributed by atoms with E-state index in [1.165, 1.54) is 18.2 Å². The molecule has 0 saturated heterocycles. The van der Waals surface area contributed by atoms with Gasteiger partial charge in [-0.15, -0.1) is 0 Å². The number of alkyl halides is 3. The molecule has 1 aromatic carbocycles. The molecule has 0 saturated carbocycles. The number of ether oxygens (including phenoxy) is 1. The number of carbonyl (C=O) groups excluding carboxylic acids is 1. The topological polar surface area (TPSA) is 64.7 Å². The van der Waals surface area contributed by atoms with Gasteiger partial charge in [0, 0.05) is 5.56 Å². The molecule has 90 valence electrons. The standard InChI is InChI=1S/C10H7F3N2O2/c11-10(12,13)6-4-2-1-3-5(6)7-8(16)15-9(14)17-7/h1-4,7H,(H2,14,15,16). The first-order valence-electron chi connectivity index (χ1n) is 4.60. The maximum absolute atomic E-state index is 12.7. The molecular weight excluding hydrogens is 237 g/mol. The Hall–Kier alpha value is -2.05. The third-order valence-electron chi connectivity index (χ3n) is 2.23. The molecule has 1 unspecified atom stereocenters. The molecule has 7 heteroatoms. The van der Waals surface area contributed by atoms with Gasteiger partial charge in [0.25, 0.3) is 11.9 Å². The second-order valence-corrected chi connectivity index (χ2v) is 3.37. The summed E-state index contributed by atoms with van der Waals surface area (Å²) in [6.07, 6.45) is -5.97. The van der Waals surface area contributed by atoms with Crippen LogP contribution in [0.25, 0.3) is 0 Å². The zero-order valence-corrected chi connectivity index (χ0v) is 8.36. The zero-order chi connectivity index (χ0) is 12.6. The van der Waals surface area contributed by atoms with E-state index in [2.05, 4.69) is 4.99 Å².